The second-order valence-electron chi connectivity index (χ2n) is 5.96. The lowest BCUT2D eigenvalue weighted by Gasteiger charge is -2.13. The van der Waals surface area contributed by atoms with Gasteiger partial charge in [0, 0.05) is 35.8 Å². The van der Waals surface area contributed by atoms with E-state index in [1.807, 2.05) is 51.1 Å². The Bertz CT molecular complexity index is 891. The van der Waals surface area contributed by atoms with Crippen LogP contribution in [0.2, 0.25) is 5.02 Å². The molecule has 1 heterocycles. The maximum atomic E-state index is 12.1. The highest BCUT2D eigenvalue weighted by Crippen LogP contribution is 2.28. The molecule has 0 saturated carbocycles. The standard InChI is InChI=1S/C20H22ClN3O2/c1-13-10-16(11-17(12-22)20(25)23-8-9-26-4)15(3)24(13)19-7-5-6-18(21)14(19)2/h5-7,10-11H,8-9H2,1-4H3,(H,23,25)/b17-11+. The van der Waals surface area contributed by atoms with Crippen molar-refractivity contribution in [2.75, 3.05) is 20.3 Å². The largest absolute Gasteiger partial charge is 0.383 e. The smallest absolute Gasteiger partial charge is 0.262 e. The Balaban J connectivity index is 2.42. The number of rotatable bonds is 6. The quantitative estimate of drug-likeness (QED) is 0.478. The van der Waals surface area contributed by atoms with E-state index in [4.69, 9.17) is 16.3 Å². The van der Waals surface area contributed by atoms with Gasteiger partial charge < -0.3 is 14.6 Å². The number of hydrogen-bond donors (Lipinski definition) is 1. The molecule has 0 aliphatic carbocycles. The average Bonchev–Trinajstić information content (AvgIpc) is 2.89. The van der Waals surface area contributed by atoms with E-state index in [1.165, 1.54) is 0 Å². The third kappa shape index (κ3) is 4.16. The fourth-order valence-corrected chi connectivity index (χ4v) is 2.98. The van der Waals surface area contributed by atoms with Gasteiger partial charge in [-0.2, -0.15) is 5.26 Å². The summed E-state index contributed by atoms with van der Waals surface area (Å²) >= 11 is 6.25. The predicted molar refractivity (Wildman–Crippen MR) is 103 cm³/mol. The Hall–Kier alpha value is -2.55. The van der Waals surface area contributed by atoms with Crippen molar-refractivity contribution in [3.63, 3.8) is 0 Å². The minimum Gasteiger partial charge on any atom is -0.383 e. The summed E-state index contributed by atoms with van der Waals surface area (Å²) < 4.78 is 6.97. The van der Waals surface area contributed by atoms with E-state index in [2.05, 4.69) is 9.88 Å². The van der Waals surface area contributed by atoms with Crippen molar-refractivity contribution < 1.29 is 9.53 Å². The molecule has 136 valence electrons. The lowest BCUT2D eigenvalue weighted by atomic mass is 10.1. The third-order valence-electron chi connectivity index (χ3n) is 4.21. The lowest BCUT2D eigenvalue weighted by Crippen LogP contribution is -2.27. The van der Waals surface area contributed by atoms with Crippen LogP contribution in [0.1, 0.15) is 22.5 Å². The molecule has 2 aromatic rings. The van der Waals surface area contributed by atoms with Crippen molar-refractivity contribution in [1.29, 1.82) is 5.26 Å². The molecule has 1 aromatic heterocycles. The van der Waals surface area contributed by atoms with E-state index in [0.717, 1.165) is 28.2 Å². The maximum Gasteiger partial charge on any atom is 0.262 e. The summed E-state index contributed by atoms with van der Waals surface area (Å²) in [5.41, 5.74) is 4.77. The molecular weight excluding hydrogens is 350 g/mol. The van der Waals surface area contributed by atoms with E-state index < -0.39 is 5.91 Å². The molecule has 1 amide bonds. The molecule has 1 N–H and O–H groups in total. The van der Waals surface area contributed by atoms with Crippen molar-refractivity contribution in [3.8, 4) is 11.8 Å². The second kappa shape index (κ2) is 8.70. The number of nitriles is 1. The summed E-state index contributed by atoms with van der Waals surface area (Å²) in [7, 11) is 1.56. The highest BCUT2D eigenvalue weighted by atomic mass is 35.5. The zero-order chi connectivity index (χ0) is 19.3. The molecule has 0 saturated heterocycles. The van der Waals surface area contributed by atoms with Crippen LogP contribution in [-0.2, 0) is 9.53 Å². The molecule has 0 bridgehead atoms. The number of amides is 1. The Morgan fingerprint density at radius 3 is 2.77 bits per heavy atom. The number of aromatic nitrogens is 1. The first-order chi connectivity index (χ1) is 12.4. The minimum atomic E-state index is -0.409. The van der Waals surface area contributed by atoms with Gasteiger partial charge in [-0.3, -0.25) is 4.79 Å². The van der Waals surface area contributed by atoms with Crippen LogP contribution in [0.15, 0.2) is 29.8 Å². The number of ether oxygens (including phenoxy) is 1. The van der Waals surface area contributed by atoms with Gasteiger partial charge in [0.15, 0.2) is 0 Å². The number of nitrogens with zero attached hydrogens (tertiary/aromatic N) is 2. The molecule has 0 aliphatic rings. The number of carbonyl (C=O) groups excluding carboxylic acids is 1. The van der Waals surface area contributed by atoms with Crippen LogP contribution in [0.3, 0.4) is 0 Å². The van der Waals surface area contributed by atoms with Gasteiger partial charge in [0.05, 0.1) is 6.61 Å². The van der Waals surface area contributed by atoms with Crippen molar-refractivity contribution in [2.45, 2.75) is 20.8 Å². The molecule has 0 atom stereocenters. The topological polar surface area (TPSA) is 67.0 Å². The van der Waals surface area contributed by atoms with E-state index >= 15 is 0 Å². The summed E-state index contributed by atoms with van der Waals surface area (Å²) in [6.07, 6.45) is 1.61. The zero-order valence-electron chi connectivity index (χ0n) is 15.4. The van der Waals surface area contributed by atoms with Crippen molar-refractivity contribution in [2.24, 2.45) is 0 Å². The van der Waals surface area contributed by atoms with Crippen LogP contribution in [-0.4, -0.2) is 30.7 Å². The molecule has 0 spiro atoms. The summed E-state index contributed by atoms with van der Waals surface area (Å²) in [5.74, 6) is -0.409. The van der Waals surface area contributed by atoms with Crippen molar-refractivity contribution in [1.82, 2.24) is 9.88 Å². The van der Waals surface area contributed by atoms with Crippen LogP contribution >= 0.6 is 11.6 Å². The SMILES string of the molecule is COCCNC(=O)/C(C#N)=C/c1cc(C)n(-c2cccc(Cl)c2C)c1C. The van der Waals surface area contributed by atoms with Gasteiger partial charge in [0.1, 0.15) is 11.6 Å². The minimum absolute atomic E-state index is 0.0594. The second-order valence-corrected chi connectivity index (χ2v) is 6.37. The molecule has 1 aromatic carbocycles. The average molecular weight is 372 g/mol. The van der Waals surface area contributed by atoms with Gasteiger partial charge in [-0.05, 0) is 56.2 Å². The Morgan fingerprint density at radius 1 is 1.38 bits per heavy atom. The van der Waals surface area contributed by atoms with Gasteiger partial charge in [0.25, 0.3) is 5.91 Å². The fraction of sp³-hybridized carbons (Fsp3) is 0.300. The molecule has 0 unspecified atom stereocenters. The number of methoxy groups -OCH3 is 1. The van der Waals surface area contributed by atoms with Gasteiger partial charge in [-0.25, -0.2) is 0 Å². The molecule has 5 nitrogen and oxygen atoms in total. The Morgan fingerprint density at radius 2 is 2.12 bits per heavy atom. The number of halogens is 1. The van der Waals surface area contributed by atoms with Gasteiger partial charge >= 0.3 is 0 Å². The van der Waals surface area contributed by atoms with Crippen LogP contribution in [0.5, 0.6) is 0 Å². The highest BCUT2D eigenvalue weighted by Gasteiger charge is 2.15. The summed E-state index contributed by atoms with van der Waals surface area (Å²) in [6.45, 7) is 6.66. The number of aryl methyl sites for hydroxylation is 1. The number of benzene rings is 1. The molecule has 0 radical (unpaired) electrons. The Kier molecular flexibility index (Phi) is 6.62. The highest BCUT2D eigenvalue weighted by molar-refractivity contribution is 6.31. The van der Waals surface area contributed by atoms with Crippen LogP contribution in [0.25, 0.3) is 11.8 Å². The molecule has 0 fully saturated rings. The van der Waals surface area contributed by atoms with E-state index in [-0.39, 0.29) is 5.57 Å². The van der Waals surface area contributed by atoms with E-state index in [9.17, 15) is 10.1 Å². The Labute approximate surface area is 158 Å². The summed E-state index contributed by atoms with van der Waals surface area (Å²) in [5, 5.41) is 12.7. The number of nitrogens with one attached hydrogen (secondary N) is 1. The van der Waals surface area contributed by atoms with Crippen molar-refractivity contribution >= 4 is 23.6 Å². The number of carbonyl (C=O) groups is 1. The van der Waals surface area contributed by atoms with Crippen LogP contribution in [0, 0.1) is 32.1 Å². The summed E-state index contributed by atoms with van der Waals surface area (Å²) in [4.78, 5) is 12.1. The number of hydrogen-bond acceptors (Lipinski definition) is 3. The monoisotopic (exact) mass is 371 g/mol. The predicted octanol–water partition coefficient (Wildman–Crippen LogP) is 3.73. The first-order valence-corrected chi connectivity index (χ1v) is 8.61. The molecule has 0 aliphatic heterocycles. The first-order valence-electron chi connectivity index (χ1n) is 8.24. The van der Waals surface area contributed by atoms with Gasteiger partial charge in [-0.15, -0.1) is 0 Å². The van der Waals surface area contributed by atoms with Crippen LogP contribution < -0.4 is 5.32 Å². The fourth-order valence-electron chi connectivity index (χ4n) is 2.81. The van der Waals surface area contributed by atoms with Gasteiger partial charge in [0.2, 0.25) is 0 Å². The lowest BCUT2D eigenvalue weighted by molar-refractivity contribution is -0.117. The van der Waals surface area contributed by atoms with E-state index in [1.54, 1.807) is 13.2 Å². The molecular formula is C20H22ClN3O2. The zero-order valence-corrected chi connectivity index (χ0v) is 16.1. The van der Waals surface area contributed by atoms with Gasteiger partial charge in [-0.1, -0.05) is 17.7 Å². The molecule has 26 heavy (non-hydrogen) atoms. The maximum absolute atomic E-state index is 12.1. The normalized spacial score (nSPS) is 11.3. The summed E-state index contributed by atoms with van der Waals surface area (Å²) in [6, 6.07) is 9.68. The molecule has 2 rings (SSSR count). The van der Waals surface area contributed by atoms with E-state index in [0.29, 0.717) is 18.2 Å². The third-order valence-corrected chi connectivity index (χ3v) is 4.62. The van der Waals surface area contributed by atoms with Crippen molar-refractivity contribution in [3.05, 3.63) is 57.4 Å². The van der Waals surface area contributed by atoms with Crippen LogP contribution in [0.4, 0.5) is 0 Å². The molecule has 6 heteroatoms. The first kappa shape index (κ1) is 19.8.